The number of sulfonamides is 1. The fourth-order valence-electron chi connectivity index (χ4n) is 3.43. The van der Waals surface area contributed by atoms with E-state index >= 15 is 0 Å². The quantitative estimate of drug-likeness (QED) is 0.594. The minimum absolute atomic E-state index is 0.144. The molecule has 166 valence electrons. The zero-order chi connectivity index (χ0) is 22.2. The minimum Gasteiger partial charge on any atom is -0.370 e. The number of fused-ring (bicyclic) bond motifs is 1. The van der Waals surface area contributed by atoms with E-state index < -0.39 is 16.4 Å². The number of anilines is 1. The number of hydrogen-bond acceptors (Lipinski definition) is 8. The molecule has 1 fully saturated rings. The van der Waals surface area contributed by atoms with Gasteiger partial charge < -0.3 is 9.64 Å². The van der Waals surface area contributed by atoms with Crippen LogP contribution in [0.25, 0.3) is 17.0 Å². The Balaban J connectivity index is 1.61. The van der Waals surface area contributed by atoms with Crippen molar-refractivity contribution in [3.8, 4) is 11.4 Å². The van der Waals surface area contributed by atoms with Crippen LogP contribution in [0.15, 0.2) is 30.7 Å². The number of nitrogens with one attached hydrogen (secondary N) is 1. The molecule has 0 amide bonds. The van der Waals surface area contributed by atoms with Gasteiger partial charge in [-0.15, -0.1) is 0 Å². The molecule has 0 aromatic carbocycles. The van der Waals surface area contributed by atoms with Crippen LogP contribution in [0.5, 0.6) is 0 Å². The Morgan fingerprint density at radius 1 is 1.26 bits per heavy atom. The second-order valence-electron chi connectivity index (χ2n) is 7.33. The van der Waals surface area contributed by atoms with Crippen LogP contribution in [-0.4, -0.2) is 71.1 Å². The number of morpholine rings is 1. The number of hydrogen-bond donors (Lipinski definition) is 1. The van der Waals surface area contributed by atoms with E-state index in [1.807, 2.05) is 11.8 Å². The van der Waals surface area contributed by atoms with E-state index in [2.05, 4.69) is 24.8 Å². The van der Waals surface area contributed by atoms with Gasteiger partial charge in [0.2, 0.25) is 10.0 Å². The third kappa shape index (κ3) is 4.94. The maximum Gasteiger partial charge on any atom is 0.282 e. The molecule has 1 aliphatic rings. The van der Waals surface area contributed by atoms with Crippen LogP contribution in [0.3, 0.4) is 0 Å². The molecule has 1 N–H and O–H groups in total. The van der Waals surface area contributed by atoms with Gasteiger partial charge in [0.15, 0.2) is 5.65 Å². The number of ether oxygens (including phenoxy) is 1. The smallest absolute Gasteiger partial charge is 0.282 e. The van der Waals surface area contributed by atoms with E-state index in [1.54, 1.807) is 6.07 Å². The van der Waals surface area contributed by atoms with Crippen molar-refractivity contribution in [1.82, 2.24) is 29.3 Å². The molecule has 1 aliphatic heterocycles. The van der Waals surface area contributed by atoms with Gasteiger partial charge in [0.05, 0.1) is 30.4 Å². The SMILES string of the molecule is CC1CN(c2cc(-c3cnc4ccc(C(F)F)nn34)ncn2)CC(CNS(C)(=O)=O)O1. The van der Waals surface area contributed by atoms with Gasteiger partial charge in [0.25, 0.3) is 6.43 Å². The van der Waals surface area contributed by atoms with Gasteiger partial charge in [0.1, 0.15) is 23.5 Å². The van der Waals surface area contributed by atoms with Crippen molar-refractivity contribution in [3.05, 3.63) is 36.4 Å². The molecule has 13 heteroatoms. The summed E-state index contributed by atoms with van der Waals surface area (Å²) in [5, 5.41) is 3.97. The Hall–Kier alpha value is -2.77. The highest BCUT2D eigenvalue weighted by Crippen LogP contribution is 2.25. The molecule has 31 heavy (non-hydrogen) atoms. The third-order valence-corrected chi connectivity index (χ3v) is 5.44. The predicted octanol–water partition coefficient (Wildman–Crippen LogP) is 1.27. The lowest BCUT2D eigenvalue weighted by Crippen LogP contribution is -2.51. The van der Waals surface area contributed by atoms with Crippen LogP contribution in [0.1, 0.15) is 19.0 Å². The molecule has 2 atom stereocenters. The monoisotopic (exact) mass is 453 g/mol. The van der Waals surface area contributed by atoms with Gasteiger partial charge >= 0.3 is 0 Å². The highest BCUT2D eigenvalue weighted by molar-refractivity contribution is 7.88. The highest BCUT2D eigenvalue weighted by atomic mass is 32.2. The molecular formula is C18H21F2N7O3S. The predicted molar refractivity (Wildman–Crippen MR) is 108 cm³/mol. The maximum absolute atomic E-state index is 13.1. The Labute approximate surface area is 177 Å². The Morgan fingerprint density at radius 3 is 2.81 bits per heavy atom. The van der Waals surface area contributed by atoms with E-state index in [4.69, 9.17) is 4.74 Å². The van der Waals surface area contributed by atoms with E-state index in [1.165, 1.54) is 29.2 Å². The molecular weight excluding hydrogens is 432 g/mol. The van der Waals surface area contributed by atoms with Crippen molar-refractivity contribution in [1.29, 1.82) is 0 Å². The van der Waals surface area contributed by atoms with Crippen molar-refractivity contribution in [3.63, 3.8) is 0 Å². The van der Waals surface area contributed by atoms with Gasteiger partial charge in [-0.2, -0.15) is 5.10 Å². The zero-order valence-electron chi connectivity index (χ0n) is 16.8. The molecule has 1 saturated heterocycles. The second-order valence-corrected chi connectivity index (χ2v) is 9.16. The summed E-state index contributed by atoms with van der Waals surface area (Å²) in [7, 11) is -3.33. The summed E-state index contributed by atoms with van der Waals surface area (Å²) in [6.45, 7) is 3.00. The summed E-state index contributed by atoms with van der Waals surface area (Å²) in [6, 6.07) is 4.43. The number of halogens is 2. The van der Waals surface area contributed by atoms with Gasteiger partial charge in [-0.05, 0) is 19.1 Å². The van der Waals surface area contributed by atoms with Crippen LogP contribution in [-0.2, 0) is 14.8 Å². The van der Waals surface area contributed by atoms with Gasteiger partial charge in [0, 0.05) is 25.7 Å². The molecule has 0 radical (unpaired) electrons. The molecule has 3 aromatic rings. The van der Waals surface area contributed by atoms with Crippen LogP contribution < -0.4 is 9.62 Å². The van der Waals surface area contributed by atoms with Crippen molar-refractivity contribution in [2.45, 2.75) is 25.6 Å². The first-order valence-electron chi connectivity index (χ1n) is 9.50. The largest absolute Gasteiger partial charge is 0.370 e. The molecule has 4 rings (SSSR count). The number of alkyl halides is 2. The minimum atomic E-state index is -3.33. The number of rotatable bonds is 6. The van der Waals surface area contributed by atoms with Crippen LogP contribution >= 0.6 is 0 Å². The van der Waals surface area contributed by atoms with E-state index in [0.29, 0.717) is 35.9 Å². The molecule has 3 aromatic heterocycles. The van der Waals surface area contributed by atoms with E-state index in [0.717, 1.165) is 6.26 Å². The standard InChI is InChI=1S/C18H21F2N7O3S/c1-11-8-26(9-12(30-11)6-24-31(2,28)29)17-5-14(22-10-23-17)15-7-21-16-4-3-13(18(19)20)25-27(15)16/h3-5,7,10-12,18,24H,6,8-9H2,1-2H3. The average Bonchev–Trinajstić information content (AvgIpc) is 3.15. The number of aromatic nitrogens is 5. The Kier molecular flexibility index (Phi) is 5.81. The average molecular weight is 453 g/mol. The number of imidazole rings is 1. The van der Waals surface area contributed by atoms with Crippen LogP contribution in [0.2, 0.25) is 0 Å². The summed E-state index contributed by atoms with van der Waals surface area (Å²) in [6.07, 6.45) is 0.785. The van der Waals surface area contributed by atoms with Crippen molar-refractivity contribution >= 4 is 21.5 Å². The number of nitrogens with zero attached hydrogens (tertiary/aromatic N) is 6. The fraction of sp³-hybridized carbons (Fsp3) is 0.444. The fourth-order valence-corrected chi connectivity index (χ4v) is 3.92. The first-order chi connectivity index (χ1) is 14.7. The van der Waals surface area contributed by atoms with Gasteiger partial charge in [-0.1, -0.05) is 0 Å². The van der Waals surface area contributed by atoms with Gasteiger partial charge in [-0.25, -0.2) is 41.4 Å². The molecule has 0 saturated carbocycles. The zero-order valence-corrected chi connectivity index (χ0v) is 17.6. The van der Waals surface area contributed by atoms with Crippen molar-refractivity contribution in [2.24, 2.45) is 0 Å². The lowest BCUT2D eigenvalue weighted by atomic mass is 10.2. The summed E-state index contributed by atoms with van der Waals surface area (Å²) in [4.78, 5) is 14.8. The lowest BCUT2D eigenvalue weighted by Gasteiger charge is -2.37. The molecule has 2 unspecified atom stereocenters. The maximum atomic E-state index is 13.1. The topological polar surface area (TPSA) is 115 Å². The van der Waals surface area contributed by atoms with Gasteiger partial charge in [-0.3, -0.25) is 0 Å². The van der Waals surface area contributed by atoms with E-state index in [-0.39, 0.29) is 24.4 Å². The van der Waals surface area contributed by atoms with Crippen molar-refractivity contribution < 1.29 is 21.9 Å². The van der Waals surface area contributed by atoms with Crippen LogP contribution in [0, 0.1) is 0 Å². The van der Waals surface area contributed by atoms with Crippen molar-refractivity contribution in [2.75, 3.05) is 30.8 Å². The summed E-state index contributed by atoms with van der Waals surface area (Å²) < 4.78 is 58.5. The Morgan fingerprint density at radius 2 is 2.06 bits per heavy atom. The summed E-state index contributed by atoms with van der Waals surface area (Å²) >= 11 is 0. The van der Waals surface area contributed by atoms with Crippen LogP contribution in [0.4, 0.5) is 14.6 Å². The summed E-state index contributed by atoms with van der Waals surface area (Å²) in [5.74, 6) is 0.601. The third-order valence-electron chi connectivity index (χ3n) is 4.75. The molecule has 4 heterocycles. The highest BCUT2D eigenvalue weighted by Gasteiger charge is 2.27. The second kappa shape index (κ2) is 8.40. The normalized spacial score (nSPS) is 20.0. The molecule has 10 nitrogen and oxygen atoms in total. The molecule has 0 spiro atoms. The first-order valence-corrected chi connectivity index (χ1v) is 11.4. The first kappa shape index (κ1) is 21.5. The van der Waals surface area contributed by atoms with E-state index in [9.17, 15) is 17.2 Å². The summed E-state index contributed by atoms with van der Waals surface area (Å²) in [5.41, 5.74) is 0.995. The molecule has 0 aliphatic carbocycles. The lowest BCUT2D eigenvalue weighted by molar-refractivity contribution is -0.0124. The molecule has 0 bridgehead atoms. The Bertz CT molecular complexity index is 1190.